The van der Waals surface area contributed by atoms with Gasteiger partial charge in [0.15, 0.2) is 17.2 Å². The summed E-state index contributed by atoms with van der Waals surface area (Å²) < 4.78 is 30.2. The molecule has 3 N–H and O–H groups in total. The summed E-state index contributed by atoms with van der Waals surface area (Å²) in [6.07, 6.45) is 5.82. The van der Waals surface area contributed by atoms with Crippen LogP contribution in [0.3, 0.4) is 0 Å². The average molecular weight is 622 g/mol. The van der Waals surface area contributed by atoms with Gasteiger partial charge in [-0.3, -0.25) is 14.4 Å². The van der Waals surface area contributed by atoms with Gasteiger partial charge in [-0.2, -0.15) is 0 Å². The normalized spacial score (nSPS) is 9.97. The van der Waals surface area contributed by atoms with Crippen molar-refractivity contribution in [2.45, 2.75) is 59.9 Å². The second-order valence-electron chi connectivity index (χ2n) is 7.95. The van der Waals surface area contributed by atoms with Crippen molar-refractivity contribution in [3.63, 3.8) is 0 Å². The molecular formula is C27H36GaO12. The van der Waals surface area contributed by atoms with Gasteiger partial charge in [-0.25, -0.2) is 0 Å². The molecule has 0 atom stereocenters. The van der Waals surface area contributed by atoms with Crippen LogP contribution in [-0.4, -0.2) is 54.9 Å². The molecule has 40 heavy (non-hydrogen) atoms. The molecule has 3 rings (SSSR count). The smallest absolute Gasteiger partial charge is 0.226 e. The van der Waals surface area contributed by atoms with E-state index in [1.807, 2.05) is 20.8 Å². The number of aromatic hydroxyl groups is 3. The Morgan fingerprint density at radius 2 is 0.800 bits per heavy atom. The molecule has 219 valence electrons. The molecule has 0 saturated carbocycles. The average Bonchev–Trinajstić information content (AvgIpc) is 2.91. The van der Waals surface area contributed by atoms with Gasteiger partial charge in [0, 0.05) is 57.8 Å². The van der Waals surface area contributed by atoms with Crippen molar-refractivity contribution < 1.29 is 42.8 Å². The monoisotopic (exact) mass is 621 g/mol. The predicted octanol–water partition coefficient (Wildman–Crippen LogP) is 3.44. The Bertz CT molecular complexity index is 1110. The molecule has 0 spiro atoms. The van der Waals surface area contributed by atoms with E-state index < -0.39 is 16.3 Å². The van der Waals surface area contributed by atoms with Gasteiger partial charge < -0.3 is 42.8 Å². The zero-order valence-corrected chi connectivity index (χ0v) is 25.3. The van der Waals surface area contributed by atoms with E-state index in [0.717, 1.165) is 38.1 Å². The largest absolute Gasteiger partial charge is 0.502 e. The van der Waals surface area contributed by atoms with Crippen LogP contribution in [-0.2, 0) is 34.0 Å². The maximum Gasteiger partial charge on any atom is 0.226 e. The Balaban J connectivity index is 0.000000563. The fraction of sp³-hybridized carbons (Fsp3) is 0.444. The molecular weight excluding hydrogens is 586 g/mol. The molecule has 0 aliphatic heterocycles. The first-order valence-electron chi connectivity index (χ1n) is 12.4. The van der Waals surface area contributed by atoms with Crippen molar-refractivity contribution in [3.8, 4) is 17.2 Å². The number of hydrogen-bond acceptors (Lipinski definition) is 12. The molecule has 12 nitrogen and oxygen atoms in total. The third-order valence-electron chi connectivity index (χ3n) is 4.38. The van der Waals surface area contributed by atoms with Gasteiger partial charge in [-0.1, -0.05) is 20.8 Å². The van der Waals surface area contributed by atoms with Gasteiger partial charge in [0.2, 0.25) is 16.3 Å². The van der Waals surface area contributed by atoms with Gasteiger partial charge in [0.25, 0.3) is 0 Å². The molecule has 0 unspecified atom stereocenters. The molecule has 3 aromatic heterocycles. The van der Waals surface area contributed by atoms with Crippen molar-refractivity contribution in [1.82, 2.24) is 0 Å². The molecule has 0 saturated heterocycles. The number of ether oxygens (including phenoxy) is 3. The molecule has 0 aliphatic rings. The first kappa shape index (κ1) is 36.8. The van der Waals surface area contributed by atoms with Gasteiger partial charge in [-0.15, -0.1) is 0 Å². The van der Waals surface area contributed by atoms with E-state index in [0.29, 0.717) is 37.1 Å². The molecule has 0 aromatic carbocycles. The van der Waals surface area contributed by atoms with Gasteiger partial charge in [0.1, 0.15) is 55.9 Å². The minimum absolute atomic E-state index is 0. The van der Waals surface area contributed by atoms with E-state index in [2.05, 4.69) is 0 Å². The first-order chi connectivity index (χ1) is 18.7. The van der Waals surface area contributed by atoms with E-state index in [1.54, 1.807) is 0 Å². The van der Waals surface area contributed by atoms with Crippen LogP contribution in [0.1, 0.15) is 57.3 Å². The van der Waals surface area contributed by atoms with Crippen LogP contribution >= 0.6 is 0 Å². The summed E-state index contributed by atoms with van der Waals surface area (Å²) in [7, 11) is 0. The zero-order chi connectivity index (χ0) is 29.0. The standard InChI is InChI=1S/3C9H12O4.Ga/c3*1-2-3-12-5-7-4-8(10)9(11)6-13-7;/h3*4,6,11H,2-3,5H2,1H3;. The summed E-state index contributed by atoms with van der Waals surface area (Å²) in [5.74, 6) is 0.154. The van der Waals surface area contributed by atoms with Crippen molar-refractivity contribution >= 4 is 19.8 Å². The number of hydrogen-bond donors (Lipinski definition) is 3. The summed E-state index contributed by atoms with van der Waals surface area (Å²) in [5, 5.41) is 26.6. The fourth-order valence-electron chi connectivity index (χ4n) is 2.51. The van der Waals surface area contributed by atoms with E-state index in [-0.39, 0.29) is 56.9 Å². The van der Waals surface area contributed by atoms with Crippen LogP contribution in [0, 0.1) is 0 Å². The Kier molecular flexibility index (Phi) is 19.8. The van der Waals surface area contributed by atoms with Crippen molar-refractivity contribution in [1.29, 1.82) is 0 Å². The Morgan fingerprint density at radius 3 is 1.00 bits per heavy atom. The maximum atomic E-state index is 10.9. The first-order valence-corrected chi connectivity index (χ1v) is 12.4. The summed E-state index contributed by atoms with van der Waals surface area (Å²) in [5.41, 5.74) is -1.33. The van der Waals surface area contributed by atoms with E-state index >= 15 is 0 Å². The SMILES string of the molecule is CCCOCc1cc(=O)c(O)co1.CCCOCc1cc(=O)c(O)co1.CCCOCc1cc(=O)c(O)co1.[Ga]. The molecule has 0 amide bonds. The van der Waals surface area contributed by atoms with Crippen LogP contribution in [0.4, 0.5) is 0 Å². The molecule has 0 aliphatic carbocycles. The third-order valence-corrected chi connectivity index (χ3v) is 4.38. The summed E-state index contributed by atoms with van der Waals surface area (Å²) in [6.45, 7) is 8.67. The van der Waals surface area contributed by atoms with Crippen molar-refractivity contribution in [2.24, 2.45) is 0 Å². The molecule has 0 fully saturated rings. The molecule has 3 heterocycles. The molecule has 13 heteroatoms. The topological polar surface area (TPSA) is 179 Å². The minimum Gasteiger partial charge on any atom is -0.502 e. The summed E-state index contributed by atoms with van der Waals surface area (Å²) >= 11 is 0. The predicted molar refractivity (Wildman–Crippen MR) is 146 cm³/mol. The van der Waals surface area contributed by atoms with Gasteiger partial charge in [-0.05, 0) is 19.3 Å². The Morgan fingerprint density at radius 1 is 0.550 bits per heavy atom. The van der Waals surface area contributed by atoms with Crippen LogP contribution in [0.2, 0.25) is 0 Å². The molecule has 0 bridgehead atoms. The van der Waals surface area contributed by atoms with Crippen molar-refractivity contribution in [3.05, 3.63) is 84.9 Å². The zero-order valence-electron chi connectivity index (χ0n) is 22.9. The second-order valence-corrected chi connectivity index (χ2v) is 7.95. The number of rotatable bonds is 12. The maximum absolute atomic E-state index is 10.9. The molecule has 3 aromatic rings. The minimum atomic E-state index is -0.443. The van der Waals surface area contributed by atoms with Gasteiger partial charge >= 0.3 is 0 Å². The fourth-order valence-corrected chi connectivity index (χ4v) is 2.51. The van der Waals surface area contributed by atoms with E-state index in [1.165, 1.54) is 18.2 Å². The summed E-state index contributed by atoms with van der Waals surface area (Å²) in [4.78, 5) is 32.7. The second kappa shape index (κ2) is 21.6. The Hall–Kier alpha value is -3.23. The summed E-state index contributed by atoms with van der Waals surface area (Å²) in [6, 6.07) is 3.68. The Labute approximate surface area is 244 Å². The van der Waals surface area contributed by atoms with Crippen LogP contribution in [0.15, 0.2) is 64.6 Å². The third kappa shape index (κ3) is 15.4. The van der Waals surface area contributed by atoms with Crippen LogP contribution in [0.25, 0.3) is 0 Å². The van der Waals surface area contributed by atoms with E-state index in [4.69, 9.17) is 42.8 Å². The van der Waals surface area contributed by atoms with Crippen molar-refractivity contribution in [2.75, 3.05) is 19.8 Å². The van der Waals surface area contributed by atoms with Crippen LogP contribution in [0.5, 0.6) is 17.2 Å². The van der Waals surface area contributed by atoms with Crippen LogP contribution < -0.4 is 16.3 Å². The quantitative estimate of drug-likeness (QED) is 0.198. The van der Waals surface area contributed by atoms with E-state index in [9.17, 15) is 14.4 Å². The molecule has 3 radical (unpaired) electrons. The van der Waals surface area contributed by atoms with Gasteiger partial charge in [0.05, 0.1) is 0 Å².